The number of hydrogen-bond donors (Lipinski definition) is 4. The Morgan fingerprint density at radius 1 is 1.03 bits per heavy atom. The van der Waals surface area contributed by atoms with Gasteiger partial charge in [0, 0.05) is 63.2 Å². The zero-order valence-electron chi connectivity index (χ0n) is 22.3. The van der Waals surface area contributed by atoms with E-state index in [0.717, 1.165) is 57.3 Å². The fourth-order valence-corrected chi connectivity index (χ4v) is 5.45. The Balaban J connectivity index is 1.24. The topological polar surface area (TPSA) is 132 Å². The summed E-state index contributed by atoms with van der Waals surface area (Å²) in [5.41, 5.74) is 1.27. The molecule has 0 unspecified atom stereocenters. The van der Waals surface area contributed by atoms with E-state index < -0.39 is 0 Å². The third-order valence-corrected chi connectivity index (χ3v) is 7.68. The number of piperidine rings is 1. The van der Waals surface area contributed by atoms with Gasteiger partial charge in [-0.1, -0.05) is 5.16 Å². The molecule has 0 atom stereocenters. The Kier molecular flexibility index (Phi) is 7.94. The van der Waals surface area contributed by atoms with Crippen LogP contribution in [-0.2, 0) is 0 Å². The fourth-order valence-electron chi connectivity index (χ4n) is 5.45. The van der Waals surface area contributed by atoms with Gasteiger partial charge in [0.05, 0.1) is 6.10 Å². The number of aromatic hydroxyl groups is 2. The summed E-state index contributed by atoms with van der Waals surface area (Å²) in [6.45, 7) is 1.82. The van der Waals surface area contributed by atoms with Crippen molar-refractivity contribution in [2.75, 3.05) is 32.1 Å². The van der Waals surface area contributed by atoms with Crippen LogP contribution < -0.4 is 15.0 Å². The van der Waals surface area contributed by atoms with Crippen molar-refractivity contribution < 1.29 is 29.4 Å². The standard InChI is InChI=1S/C29H36N4O6/c1-32(2)19-5-9-23(10-6-19)38-26-16-22(35)15-25(36)28(26)27-17-24(31-39-27)29(37)30-18-11-13-33(14-12-18)20-3-7-21(34)8-4-20/h5-6,9-10,15-18,20-21,34-36H,3-4,7-8,11-14H2,1-2H3,(H,30,37). The lowest BCUT2D eigenvalue weighted by molar-refractivity contribution is 0.0580. The van der Waals surface area contributed by atoms with Gasteiger partial charge in [-0.2, -0.15) is 0 Å². The maximum Gasteiger partial charge on any atom is 0.273 e. The second-order valence-electron chi connectivity index (χ2n) is 10.7. The zero-order chi connectivity index (χ0) is 27.5. The van der Waals surface area contributed by atoms with Crippen molar-refractivity contribution in [1.82, 2.24) is 15.4 Å². The summed E-state index contributed by atoms with van der Waals surface area (Å²) in [6, 6.07) is 11.9. The van der Waals surface area contributed by atoms with Gasteiger partial charge in [0.25, 0.3) is 5.91 Å². The van der Waals surface area contributed by atoms with Crippen LogP contribution in [-0.4, -0.2) is 76.7 Å². The Morgan fingerprint density at radius 3 is 2.38 bits per heavy atom. The highest BCUT2D eigenvalue weighted by atomic mass is 16.5. The first-order chi connectivity index (χ1) is 18.8. The quantitative estimate of drug-likeness (QED) is 0.352. The molecular weight excluding hydrogens is 500 g/mol. The number of nitrogens with zero attached hydrogens (tertiary/aromatic N) is 3. The summed E-state index contributed by atoms with van der Waals surface area (Å²) in [7, 11) is 3.87. The van der Waals surface area contributed by atoms with Crippen LogP contribution in [0.3, 0.4) is 0 Å². The highest BCUT2D eigenvalue weighted by Crippen LogP contribution is 2.43. The predicted molar refractivity (Wildman–Crippen MR) is 146 cm³/mol. The Hall–Kier alpha value is -3.76. The van der Waals surface area contributed by atoms with Gasteiger partial charge in [-0.15, -0.1) is 0 Å². The van der Waals surface area contributed by atoms with E-state index >= 15 is 0 Å². The van der Waals surface area contributed by atoms with Gasteiger partial charge in [0.15, 0.2) is 11.5 Å². The molecule has 0 radical (unpaired) electrons. The molecule has 4 N–H and O–H groups in total. The number of phenolic OH excluding ortho intramolecular Hbond substituents is 2. The van der Waals surface area contributed by atoms with Crippen molar-refractivity contribution >= 4 is 11.6 Å². The van der Waals surface area contributed by atoms with Crippen LogP contribution in [0.1, 0.15) is 49.0 Å². The van der Waals surface area contributed by atoms with Gasteiger partial charge in [0.2, 0.25) is 0 Å². The number of hydrogen-bond acceptors (Lipinski definition) is 9. The average Bonchev–Trinajstić information content (AvgIpc) is 3.39. The second-order valence-corrected chi connectivity index (χ2v) is 10.7. The van der Waals surface area contributed by atoms with E-state index in [-0.39, 0.29) is 52.3 Å². The first-order valence-corrected chi connectivity index (χ1v) is 13.5. The molecule has 3 aromatic rings. The maximum absolute atomic E-state index is 13.0. The SMILES string of the molecule is CN(C)c1ccc(Oc2cc(O)cc(O)c2-c2cc(C(=O)NC3CCN(C4CCC(O)CC4)CC3)no2)cc1. The molecule has 10 nitrogen and oxygen atoms in total. The summed E-state index contributed by atoms with van der Waals surface area (Å²) < 4.78 is 11.4. The number of aromatic nitrogens is 1. The van der Waals surface area contributed by atoms with E-state index in [0.29, 0.717) is 11.8 Å². The molecule has 2 fully saturated rings. The maximum atomic E-state index is 13.0. The van der Waals surface area contributed by atoms with Crippen LogP contribution in [0.4, 0.5) is 5.69 Å². The summed E-state index contributed by atoms with van der Waals surface area (Å²) in [5.74, 6) is 0.0250. The zero-order valence-corrected chi connectivity index (χ0v) is 22.3. The van der Waals surface area contributed by atoms with Crippen molar-refractivity contribution in [3.63, 3.8) is 0 Å². The minimum Gasteiger partial charge on any atom is -0.508 e. The number of aliphatic hydroxyl groups is 1. The third kappa shape index (κ3) is 6.29. The Bertz CT molecular complexity index is 1280. The predicted octanol–water partition coefficient (Wildman–Crippen LogP) is 4.11. The smallest absolute Gasteiger partial charge is 0.273 e. The molecule has 1 saturated carbocycles. The van der Waals surface area contributed by atoms with Gasteiger partial charge in [-0.05, 0) is 62.8 Å². The molecule has 0 spiro atoms. The number of amides is 1. The van der Waals surface area contributed by atoms with Gasteiger partial charge in [-0.25, -0.2) is 0 Å². The molecule has 2 aromatic carbocycles. The number of rotatable bonds is 7. The average molecular weight is 537 g/mol. The minimum atomic E-state index is -0.343. The molecule has 5 rings (SSSR count). The Morgan fingerprint density at radius 2 is 1.72 bits per heavy atom. The van der Waals surface area contributed by atoms with Crippen LogP contribution in [0.2, 0.25) is 0 Å². The van der Waals surface area contributed by atoms with Gasteiger partial charge in [0.1, 0.15) is 28.6 Å². The van der Waals surface area contributed by atoms with E-state index in [1.807, 2.05) is 31.1 Å². The molecule has 1 aliphatic heterocycles. The van der Waals surface area contributed by atoms with Crippen LogP contribution in [0.25, 0.3) is 11.3 Å². The summed E-state index contributed by atoms with van der Waals surface area (Å²) in [5, 5.41) is 37.5. The van der Waals surface area contributed by atoms with E-state index in [1.165, 1.54) is 18.2 Å². The molecule has 0 bridgehead atoms. The molecule has 39 heavy (non-hydrogen) atoms. The van der Waals surface area contributed by atoms with Crippen molar-refractivity contribution in [2.45, 2.75) is 56.7 Å². The lowest BCUT2D eigenvalue weighted by Crippen LogP contribution is -2.49. The number of anilines is 1. The van der Waals surface area contributed by atoms with Crippen LogP contribution in [0.5, 0.6) is 23.0 Å². The summed E-state index contributed by atoms with van der Waals surface area (Å²) >= 11 is 0. The first kappa shape index (κ1) is 26.8. The van der Waals surface area contributed by atoms with Crippen molar-refractivity contribution in [2.24, 2.45) is 0 Å². The third-order valence-electron chi connectivity index (χ3n) is 7.68. The number of nitrogens with one attached hydrogen (secondary N) is 1. The molecule has 2 aliphatic rings. The molecule has 2 heterocycles. The van der Waals surface area contributed by atoms with E-state index in [4.69, 9.17) is 9.26 Å². The molecule has 208 valence electrons. The molecule has 1 saturated heterocycles. The van der Waals surface area contributed by atoms with E-state index in [2.05, 4.69) is 15.4 Å². The Labute approximate surface area is 227 Å². The number of likely N-dealkylation sites (tertiary alicyclic amines) is 1. The van der Waals surface area contributed by atoms with E-state index in [9.17, 15) is 20.1 Å². The van der Waals surface area contributed by atoms with Crippen LogP contribution in [0.15, 0.2) is 47.0 Å². The molecule has 1 aliphatic carbocycles. The molecular formula is C29H36N4O6. The lowest BCUT2D eigenvalue weighted by Gasteiger charge is -2.40. The molecule has 1 amide bonds. The summed E-state index contributed by atoms with van der Waals surface area (Å²) in [6.07, 6.45) is 5.31. The summed E-state index contributed by atoms with van der Waals surface area (Å²) in [4.78, 5) is 17.4. The minimum absolute atomic E-state index is 0.0363. The van der Waals surface area contributed by atoms with Crippen LogP contribution >= 0.6 is 0 Å². The number of carbonyl (C=O) groups excluding carboxylic acids is 1. The van der Waals surface area contributed by atoms with Crippen LogP contribution in [0, 0.1) is 0 Å². The number of ether oxygens (including phenoxy) is 1. The molecule has 1 aromatic heterocycles. The van der Waals surface area contributed by atoms with Gasteiger partial charge in [-0.3, -0.25) is 4.79 Å². The highest BCUT2D eigenvalue weighted by Gasteiger charge is 2.29. The van der Waals surface area contributed by atoms with Crippen molar-refractivity contribution in [3.8, 4) is 34.3 Å². The number of benzene rings is 2. The number of carbonyl (C=O) groups is 1. The first-order valence-electron chi connectivity index (χ1n) is 13.5. The monoisotopic (exact) mass is 536 g/mol. The number of aliphatic hydroxyl groups excluding tert-OH is 1. The normalized spacial score (nSPS) is 20.5. The lowest BCUT2D eigenvalue weighted by atomic mass is 9.90. The second kappa shape index (κ2) is 11.5. The van der Waals surface area contributed by atoms with Gasteiger partial charge < -0.3 is 39.7 Å². The van der Waals surface area contributed by atoms with Gasteiger partial charge >= 0.3 is 0 Å². The van der Waals surface area contributed by atoms with E-state index in [1.54, 1.807) is 12.1 Å². The number of phenols is 2. The van der Waals surface area contributed by atoms with Crippen molar-refractivity contribution in [1.29, 1.82) is 0 Å². The van der Waals surface area contributed by atoms with Crippen molar-refractivity contribution in [3.05, 3.63) is 48.2 Å². The highest BCUT2D eigenvalue weighted by molar-refractivity contribution is 5.93. The largest absolute Gasteiger partial charge is 0.508 e. The molecule has 10 heteroatoms. The fraction of sp³-hybridized carbons (Fsp3) is 0.448.